The zero-order chi connectivity index (χ0) is 23.7. The van der Waals surface area contributed by atoms with Crippen LogP contribution in [0.3, 0.4) is 0 Å². The molecule has 0 aliphatic carbocycles. The minimum Gasteiger partial charge on any atom is -0.496 e. The van der Waals surface area contributed by atoms with Gasteiger partial charge in [-0.05, 0) is 25.8 Å². The van der Waals surface area contributed by atoms with E-state index in [1.807, 2.05) is 6.92 Å². The molecule has 2 unspecified atom stereocenters. The van der Waals surface area contributed by atoms with Crippen LogP contribution in [0, 0.1) is 18.3 Å². The molecule has 0 saturated carbocycles. The third-order valence-electron chi connectivity index (χ3n) is 6.15. The highest BCUT2D eigenvalue weighted by molar-refractivity contribution is 5.61. The summed E-state index contributed by atoms with van der Waals surface area (Å²) in [6, 6.07) is 7.26. The fraction of sp³-hybridized carbons (Fsp3) is 0.417. The van der Waals surface area contributed by atoms with Crippen molar-refractivity contribution in [3.05, 3.63) is 56.8 Å². The van der Waals surface area contributed by atoms with E-state index >= 15 is 0 Å². The fourth-order valence-corrected chi connectivity index (χ4v) is 4.49. The molecule has 1 aromatic carbocycles. The molecule has 4 rings (SSSR count). The van der Waals surface area contributed by atoms with Crippen LogP contribution < -0.4 is 30.2 Å². The molecule has 0 bridgehead atoms. The number of pyridine rings is 1. The average Bonchev–Trinajstić information content (AvgIpc) is 3.33. The number of allylic oxidation sites excluding steroid dienone is 1. The van der Waals surface area contributed by atoms with Gasteiger partial charge in [-0.3, -0.25) is 4.79 Å². The van der Waals surface area contributed by atoms with E-state index in [1.54, 1.807) is 22.8 Å². The highest BCUT2D eigenvalue weighted by atomic mass is 16.5. The van der Waals surface area contributed by atoms with Crippen molar-refractivity contribution in [1.82, 2.24) is 4.57 Å². The van der Waals surface area contributed by atoms with E-state index in [0.717, 1.165) is 18.5 Å². The maximum absolute atomic E-state index is 13.8. The molecule has 0 amide bonds. The van der Waals surface area contributed by atoms with Gasteiger partial charge in [0.1, 0.15) is 23.1 Å². The van der Waals surface area contributed by atoms with Gasteiger partial charge in [0.15, 0.2) is 11.5 Å². The molecule has 0 spiro atoms. The first kappa shape index (κ1) is 22.6. The zero-order valence-corrected chi connectivity index (χ0v) is 19.1. The van der Waals surface area contributed by atoms with Gasteiger partial charge in [0.25, 0.3) is 5.56 Å². The van der Waals surface area contributed by atoms with Crippen LogP contribution >= 0.6 is 0 Å². The Hall–Kier alpha value is -3.64. The molecule has 1 fully saturated rings. The maximum Gasteiger partial charge on any atom is 0.258 e. The summed E-state index contributed by atoms with van der Waals surface area (Å²) in [5.74, 6) is 0.778. The Morgan fingerprint density at radius 2 is 1.85 bits per heavy atom. The van der Waals surface area contributed by atoms with Gasteiger partial charge >= 0.3 is 0 Å². The van der Waals surface area contributed by atoms with Crippen LogP contribution in [0.1, 0.15) is 35.6 Å². The largest absolute Gasteiger partial charge is 0.496 e. The van der Waals surface area contributed by atoms with Crippen molar-refractivity contribution in [2.24, 2.45) is 5.73 Å². The first-order chi connectivity index (χ1) is 15.9. The molecular weight excluding hydrogens is 426 g/mol. The predicted octanol–water partition coefficient (Wildman–Crippen LogP) is 2.58. The lowest BCUT2D eigenvalue weighted by Crippen LogP contribution is -2.35. The zero-order valence-electron chi connectivity index (χ0n) is 19.1. The lowest BCUT2D eigenvalue weighted by molar-refractivity contribution is 0.0954. The Morgan fingerprint density at radius 3 is 2.45 bits per heavy atom. The lowest BCUT2D eigenvalue weighted by Gasteiger charge is -2.29. The molecule has 2 atom stereocenters. The van der Waals surface area contributed by atoms with E-state index in [9.17, 15) is 10.1 Å². The summed E-state index contributed by atoms with van der Waals surface area (Å²) in [5.41, 5.74) is 7.57. The molecule has 1 saturated heterocycles. The van der Waals surface area contributed by atoms with Crippen molar-refractivity contribution < 1.29 is 23.7 Å². The molecule has 9 heteroatoms. The fourth-order valence-electron chi connectivity index (χ4n) is 4.49. The average molecular weight is 453 g/mol. The molecule has 2 aliphatic heterocycles. The van der Waals surface area contributed by atoms with Crippen molar-refractivity contribution in [3.8, 4) is 29.1 Å². The van der Waals surface area contributed by atoms with E-state index in [4.69, 9.17) is 29.4 Å². The molecule has 1 aromatic heterocycles. The number of ether oxygens (including phenoxy) is 5. The van der Waals surface area contributed by atoms with E-state index in [1.165, 1.54) is 21.3 Å². The first-order valence-electron chi connectivity index (χ1n) is 10.7. The quantitative estimate of drug-likeness (QED) is 0.709. The van der Waals surface area contributed by atoms with Crippen LogP contribution in [0.5, 0.6) is 23.0 Å². The first-order valence-corrected chi connectivity index (χ1v) is 10.7. The van der Waals surface area contributed by atoms with Gasteiger partial charge in [0.2, 0.25) is 5.88 Å². The topological polar surface area (TPSA) is 118 Å². The second-order valence-corrected chi connectivity index (χ2v) is 7.99. The molecule has 2 aliphatic rings. The number of benzene rings is 1. The van der Waals surface area contributed by atoms with E-state index < -0.39 is 5.92 Å². The number of nitrogens with two attached hydrogens (primary N) is 1. The summed E-state index contributed by atoms with van der Waals surface area (Å²) < 4.78 is 29.6. The van der Waals surface area contributed by atoms with E-state index in [-0.39, 0.29) is 23.1 Å². The van der Waals surface area contributed by atoms with Crippen LogP contribution in [0.25, 0.3) is 0 Å². The summed E-state index contributed by atoms with van der Waals surface area (Å²) in [6.07, 6.45) is 1.83. The van der Waals surface area contributed by atoms with Crippen molar-refractivity contribution >= 4 is 0 Å². The predicted molar refractivity (Wildman–Crippen MR) is 120 cm³/mol. The second kappa shape index (κ2) is 9.08. The van der Waals surface area contributed by atoms with Crippen molar-refractivity contribution in [2.45, 2.75) is 38.3 Å². The van der Waals surface area contributed by atoms with Crippen LogP contribution in [0.15, 0.2) is 34.4 Å². The van der Waals surface area contributed by atoms with Crippen LogP contribution in [0.4, 0.5) is 0 Å². The van der Waals surface area contributed by atoms with Crippen LogP contribution in [-0.4, -0.2) is 38.6 Å². The molecule has 2 aromatic rings. The maximum atomic E-state index is 13.8. The minimum atomic E-state index is -0.808. The van der Waals surface area contributed by atoms with Crippen molar-refractivity contribution in [3.63, 3.8) is 0 Å². The summed E-state index contributed by atoms with van der Waals surface area (Å²) >= 11 is 0. The van der Waals surface area contributed by atoms with E-state index in [0.29, 0.717) is 47.3 Å². The molecule has 3 heterocycles. The Balaban J connectivity index is 1.96. The number of aryl methyl sites for hydroxylation is 1. The number of aromatic nitrogens is 1. The Bertz CT molecular complexity index is 1200. The third kappa shape index (κ3) is 3.87. The smallest absolute Gasteiger partial charge is 0.258 e. The highest BCUT2D eigenvalue weighted by Crippen LogP contribution is 2.46. The van der Waals surface area contributed by atoms with Gasteiger partial charge in [-0.25, -0.2) is 0 Å². The Morgan fingerprint density at radius 1 is 1.15 bits per heavy atom. The summed E-state index contributed by atoms with van der Waals surface area (Å²) in [7, 11) is 4.54. The molecule has 9 nitrogen and oxygen atoms in total. The Labute approximate surface area is 191 Å². The standard InChI is InChI=1S/C24H27N3O6/c1-13-8-20-22(24(28)27(13)12-14-6-5-7-32-14)21(16(11-25)23(26)33-20)15-9-18(30-3)19(31-4)10-17(15)29-2/h8-10,14,21H,5-7,12,26H2,1-4H3. The van der Waals surface area contributed by atoms with Gasteiger partial charge < -0.3 is 34.0 Å². The van der Waals surface area contributed by atoms with Gasteiger partial charge in [0.05, 0.1) is 45.5 Å². The van der Waals surface area contributed by atoms with Gasteiger partial charge in [0, 0.05) is 30.0 Å². The highest BCUT2D eigenvalue weighted by Gasteiger charge is 2.37. The van der Waals surface area contributed by atoms with Gasteiger partial charge in [-0.15, -0.1) is 0 Å². The number of nitriles is 1. The minimum absolute atomic E-state index is 0.0333. The number of rotatable bonds is 6. The second-order valence-electron chi connectivity index (χ2n) is 7.99. The number of hydrogen-bond acceptors (Lipinski definition) is 8. The lowest BCUT2D eigenvalue weighted by atomic mass is 9.83. The Kier molecular flexibility index (Phi) is 6.20. The van der Waals surface area contributed by atoms with E-state index in [2.05, 4.69) is 6.07 Å². The number of methoxy groups -OCH3 is 3. The SMILES string of the molecule is COc1cc(OC)c(C2C(C#N)=C(N)Oc3cc(C)n(CC4CCCO4)c(=O)c32)cc1OC. The van der Waals surface area contributed by atoms with Gasteiger partial charge in [-0.1, -0.05) is 0 Å². The number of fused-ring (bicyclic) bond motifs is 1. The number of hydrogen-bond donors (Lipinski definition) is 1. The summed E-state index contributed by atoms with van der Waals surface area (Å²) in [6.45, 7) is 2.95. The van der Waals surface area contributed by atoms with Crippen LogP contribution in [-0.2, 0) is 11.3 Å². The normalized spacial score (nSPS) is 19.5. The monoisotopic (exact) mass is 453 g/mol. The molecule has 33 heavy (non-hydrogen) atoms. The van der Waals surface area contributed by atoms with Crippen molar-refractivity contribution in [1.29, 1.82) is 5.26 Å². The third-order valence-corrected chi connectivity index (χ3v) is 6.15. The van der Waals surface area contributed by atoms with Crippen LogP contribution in [0.2, 0.25) is 0 Å². The van der Waals surface area contributed by atoms with Gasteiger partial charge in [-0.2, -0.15) is 5.26 Å². The number of nitrogens with zero attached hydrogens (tertiary/aromatic N) is 2. The molecule has 2 N–H and O–H groups in total. The summed E-state index contributed by atoms with van der Waals surface area (Å²) in [4.78, 5) is 13.8. The molecule has 174 valence electrons. The molecule has 0 radical (unpaired) electrons. The summed E-state index contributed by atoms with van der Waals surface area (Å²) in [5, 5.41) is 9.96. The molecular formula is C24H27N3O6. The van der Waals surface area contributed by atoms with Crippen molar-refractivity contribution in [2.75, 3.05) is 27.9 Å².